The summed E-state index contributed by atoms with van der Waals surface area (Å²) in [7, 11) is 3.23. The highest BCUT2D eigenvalue weighted by Gasteiger charge is 2.09. The Hall–Kier alpha value is -2.07. The zero-order chi connectivity index (χ0) is 13.0. The summed E-state index contributed by atoms with van der Waals surface area (Å²) in [5, 5.41) is 0. The van der Waals surface area contributed by atoms with Gasteiger partial charge in [0, 0.05) is 18.3 Å². The number of benzene rings is 1. The van der Waals surface area contributed by atoms with Crippen molar-refractivity contribution in [2.75, 3.05) is 14.2 Å². The molecule has 18 heavy (non-hydrogen) atoms. The molecular weight excluding hydrogens is 228 g/mol. The van der Waals surface area contributed by atoms with E-state index in [9.17, 15) is 0 Å². The Morgan fingerprint density at radius 3 is 2.56 bits per heavy atom. The molecule has 4 nitrogen and oxygen atoms in total. The van der Waals surface area contributed by atoms with Crippen LogP contribution in [0.1, 0.15) is 5.56 Å². The van der Waals surface area contributed by atoms with Crippen LogP contribution in [-0.2, 0) is 6.54 Å². The molecule has 0 aliphatic heterocycles. The molecular formula is C14H16N2O2. The standard InChI is InChI=1S/C14H16N2O2/c1-17-12-6-5-10(8-13(12)18-2)14-11(9-15)4-3-7-16-14/h3-8H,9,15H2,1-2H3. The van der Waals surface area contributed by atoms with Crippen LogP contribution in [0.25, 0.3) is 11.3 Å². The molecule has 4 heteroatoms. The van der Waals surface area contributed by atoms with Crippen molar-refractivity contribution >= 4 is 0 Å². The Balaban J connectivity index is 2.51. The molecule has 0 saturated heterocycles. The van der Waals surface area contributed by atoms with Crippen molar-refractivity contribution in [2.24, 2.45) is 5.73 Å². The van der Waals surface area contributed by atoms with Gasteiger partial charge in [0.15, 0.2) is 11.5 Å². The molecule has 0 radical (unpaired) electrons. The third kappa shape index (κ3) is 2.28. The number of ether oxygens (including phenoxy) is 2. The molecule has 2 N–H and O–H groups in total. The van der Waals surface area contributed by atoms with Gasteiger partial charge in [-0.3, -0.25) is 4.98 Å². The highest BCUT2D eigenvalue weighted by atomic mass is 16.5. The van der Waals surface area contributed by atoms with E-state index < -0.39 is 0 Å². The maximum absolute atomic E-state index is 5.72. The van der Waals surface area contributed by atoms with Crippen LogP contribution in [0.5, 0.6) is 11.5 Å². The highest BCUT2D eigenvalue weighted by molar-refractivity contribution is 5.66. The monoisotopic (exact) mass is 244 g/mol. The molecule has 94 valence electrons. The molecule has 0 amide bonds. The molecule has 2 rings (SSSR count). The first kappa shape index (κ1) is 12.4. The van der Waals surface area contributed by atoms with Crippen LogP contribution >= 0.6 is 0 Å². The predicted molar refractivity (Wildman–Crippen MR) is 70.7 cm³/mol. The fourth-order valence-corrected chi connectivity index (χ4v) is 1.85. The predicted octanol–water partition coefficient (Wildman–Crippen LogP) is 2.22. The molecule has 0 aliphatic rings. The Morgan fingerprint density at radius 1 is 1.11 bits per heavy atom. The van der Waals surface area contributed by atoms with E-state index in [0.717, 1.165) is 16.8 Å². The van der Waals surface area contributed by atoms with Gasteiger partial charge in [-0.15, -0.1) is 0 Å². The number of hydrogen-bond acceptors (Lipinski definition) is 4. The second kappa shape index (κ2) is 5.51. The summed E-state index contributed by atoms with van der Waals surface area (Å²) in [6.45, 7) is 0.456. The lowest BCUT2D eigenvalue weighted by Gasteiger charge is -2.11. The van der Waals surface area contributed by atoms with Gasteiger partial charge in [-0.05, 0) is 29.8 Å². The lowest BCUT2D eigenvalue weighted by molar-refractivity contribution is 0.355. The molecule has 0 saturated carbocycles. The number of pyridine rings is 1. The third-order valence-electron chi connectivity index (χ3n) is 2.77. The van der Waals surface area contributed by atoms with Crippen LogP contribution in [0.3, 0.4) is 0 Å². The Kier molecular flexibility index (Phi) is 3.79. The molecule has 0 aliphatic carbocycles. The Labute approximate surface area is 106 Å². The summed E-state index contributed by atoms with van der Waals surface area (Å²) >= 11 is 0. The normalized spacial score (nSPS) is 10.2. The summed E-state index contributed by atoms with van der Waals surface area (Å²) in [5.74, 6) is 1.38. The molecule has 0 spiro atoms. The van der Waals surface area contributed by atoms with Gasteiger partial charge in [0.25, 0.3) is 0 Å². The van der Waals surface area contributed by atoms with Crippen molar-refractivity contribution in [3.05, 3.63) is 42.1 Å². The van der Waals surface area contributed by atoms with E-state index in [0.29, 0.717) is 18.0 Å². The van der Waals surface area contributed by atoms with E-state index in [-0.39, 0.29) is 0 Å². The van der Waals surface area contributed by atoms with Gasteiger partial charge in [-0.2, -0.15) is 0 Å². The molecule has 1 heterocycles. The SMILES string of the molecule is COc1ccc(-c2ncccc2CN)cc1OC. The number of aromatic nitrogens is 1. The van der Waals surface area contributed by atoms with E-state index in [1.165, 1.54) is 0 Å². The van der Waals surface area contributed by atoms with Crippen LogP contribution in [0, 0.1) is 0 Å². The van der Waals surface area contributed by atoms with Gasteiger partial charge in [0.1, 0.15) is 0 Å². The van der Waals surface area contributed by atoms with Crippen molar-refractivity contribution in [1.82, 2.24) is 4.98 Å². The lowest BCUT2D eigenvalue weighted by atomic mass is 10.1. The van der Waals surface area contributed by atoms with Gasteiger partial charge < -0.3 is 15.2 Å². The fourth-order valence-electron chi connectivity index (χ4n) is 1.85. The average molecular weight is 244 g/mol. The smallest absolute Gasteiger partial charge is 0.161 e. The second-order valence-corrected chi connectivity index (χ2v) is 3.79. The van der Waals surface area contributed by atoms with Crippen molar-refractivity contribution in [3.8, 4) is 22.8 Å². The summed E-state index contributed by atoms with van der Waals surface area (Å²) in [4.78, 5) is 4.37. The highest BCUT2D eigenvalue weighted by Crippen LogP contribution is 2.32. The summed E-state index contributed by atoms with van der Waals surface area (Å²) in [5.41, 5.74) is 8.57. The molecule has 1 aromatic carbocycles. The van der Waals surface area contributed by atoms with E-state index in [2.05, 4.69) is 4.98 Å². The number of hydrogen-bond donors (Lipinski definition) is 1. The zero-order valence-corrected chi connectivity index (χ0v) is 10.5. The maximum Gasteiger partial charge on any atom is 0.161 e. The number of rotatable bonds is 4. The summed E-state index contributed by atoms with van der Waals surface area (Å²) in [6.07, 6.45) is 1.76. The molecule has 0 unspecified atom stereocenters. The van der Waals surface area contributed by atoms with E-state index in [1.807, 2.05) is 30.3 Å². The van der Waals surface area contributed by atoms with Crippen LogP contribution in [0.15, 0.2) is 36.5 Å². The van der Waals surface area contributed by atoms with Crippen LogP contribution < -0.4 is 15.2 Å². The lowest BCUT2D eigenvalue weighted by Crippen LogP contribution is -2.00. The van der Waals surface area contributed by atoms with Gasteiger partial charge in [0.05, 0.1) is 19.9 Å². The molecule has 0 fully saturated rings. The first-order valence-corrected chi connectivity index (χ1v) is 5.66. The minimum absolute atomic E-state index is 0.456. The quantitative estimate of drug-likeness (QED) is 0.896. The maximum atomic E-state index is 5.72. The first-order chi connectivity index (χ1) is 8.80. The minimum atomic E-state index is 0.456. The van der Waals surface area contributed by atoms with E-state index in [4.69, 9.17) is 15.2 Å². The van der Waals surface area contributed by atoms with Crippen LogP contribution in [0.2, 0.25) is 0 Å². The summed E-state index contributed by atoms with van der Waals surface area (Å²) < 4.78 is 10.5. The average Bonchev–Trinajstić information content (AvgIpc) is 2.46. The van der Waals surface area contributed by atoms with E-state index in [1.54, 1.807) is 20.4 Å². The molecule has 1 aromatic heterocycles. The molecule has 0 atom stereocenters. The fraction of sp³-hybridized carbons (Fsp3) is 0.214. The van der Waals surface area contributed by atoms with Gasteiger partial charge in [-0.1, -0.05) is 6.07 Å². The topological polar surface area (TPSA) is 57.4 Å². The number of nitrogens with two attached hydrogens (primary N) is 1. The van der Waals surface area contributed by atoms with Crippen molar-refractivity contribution < 1.29 is 9.47 Å². The van der Waals surface area contributed by atoms with Crippen LogP contribution in [0.4, 0.5) is 0 Å². The Bertz CT molecular complexity index is 541. The first-order valence-electron chi connectivity index (χ1n) is 5.66. The van der Waals surface area contributed by atoms with Crippen molar-refractivity contribution in [3.63, 3.8) is 0 Å². The third-order valence-corrected chi connectivity index (χ3v) is 2.77. The van der Waals surface area contributed by atoms with Crippen molar-refractivity contribution in [2.45, 2.75) is 6.54 Å². The molecule has 0 bridgehead atoms. The second-order valence-electron chi connectivity index (χ2n) is 3.79. The number of methoxy groups -OCH3 is 2. The zero-order valence-electron chi connectivity index (χ0n) is 10.5. The molecule has 2 aromatic rings. The minimum Gasteiger partial charge on any atom is -0.493 e. The summed E-state index contributed by atoms with van der Waals surface area (Å²) in [6, 6.07) is 9.57. The number of nitrogens with zero attached hydrogens (tertiary/aromatic N) is 1. The van der Waals surface area contributed by atoms with Gasteiger partial charge in [-0.25, -0.2) is 0 Å². The van der Waals surface area contributed by atoms with Gasteiger partial charge in [0.2, 0.25) is 0 Å². The largest absolute Gasteiger partial charge is 0.493 e. The van der Waals surface area contributed by atoms with Crippen molar-refractivity contribution in [1.29, 1.82) is 0 Å². The van der Waals surface area contributed by atoms with Crippen LogP contribution in [-0.4, -0.2) is 19.2 Å². The van der Waals surface area contributed by atoms with Gasteiger partial charge >= 0.3 is 0 Å². The Morgan fingerprint density at radius 2 is 1.89 bits per heavy atom. The van der Waals surface area contributed by atoms with E-state index >= 15 is 0 Å².